The summed E-state index contributed by atoms with van der Waals surface area (Å²) < 4.78 is 6.46. The molecule has 2 N–H and O–H groups in total. The average molecular weight is 309 g/mol. The van der Waals surface area contributed by atoms with Crippen molar-refractivity contribution in [2.45, 2.75) is 32.6 Å². The number of hydrogen-bond acceptors (Lipinski definition) is 3. The third-order valence-corrected chi connectivity index (χ3v) is 3.94. The molecule has 0 saturated carbocycles. The number of nitrogen functional groups attached to an aromatic ring is 1. The lowest BCUT2D eigenvalue weighted by Crippen LogP contribution is -1.97. The van der Waals surface area contributed by atoms with Crippen LogP contribution in [-0.4, -0.2) is 5.16 Å². The van der Waals surface area contributed by atoms with Crippen molar-refractivity contribution in [3.8, 4) is 11.1 Å². The van der Waals surface area contributed by atoms with Gasteiger partial charge in [-0.2, -0.15) is 0 Å². The molecule has 4 heteroatoms. The molecule has 0 unspecified atom stereocenters. The molecule has 2 rings (SSSR count). The first kappa shape index (κ1) is 13.1. The van der Waals surface area contributed by atoms with Crippen LogP contribution in [0.25, 0.3) is 11.1 Å². The van der Waals surface area contributed by atoms with Crippen molar-refractivity contribution in [3.63, 3.8) is 0 Å². The molecule has 0 radical (unpaired) electrons. The lowest BCUT2D eigenvalue weighted by molar-refractivity contribution is 0.356. The van der Waals surface area contributed by atoms with Gasteiger partial charge in [-0.1, -0.05) is 53.1 Å². The van der Waals surface area contributed by atoms with Crippen molar-refractivity contribution in [2.24, 2.45) is 0 Å². The SMILES string of the molecule is CCC(CC)c1onc(N)c1-c1ccccc1Br. The van der Waals surface area contributed by atoms with Gasteiger partial charge in [0.2, 0.25) is 0 Å². The number of nitrogens with zero attached hydrogens (tertiary/aromatic N) is 1. The molecule has 1 heterocycles. The van der Waals surface area contributed by atoms with Gasteiger partial charge in [0.05, 0.1) is 5.56 Å². The monoisotopic (exact) mass is 308 g/mol. The van der Waals surface area contributed by atoms with E-state index < -0.39 is 0 Å². The zero-order chi connectivity index (χ0) is 13.1. The number of nitrogens with two attached hydrogens (primary N) is 1. The highest BCUT2D eigenvalue weighted by atomic mass is 79.9. The van der Waals surface area contributed by atoms with Gasteiger partial charge >= 0.3 is 0 Å². The molecule has 0 fully saturated rings. The molecule has 3 nitrogen and oxygen atoms in total. The summed E-state index contributed by atoms with van der Waals surface area (Å²) in [6, 6.07) is 7.99. The predicted octanol–water partition coefficient (Wildman–Crippen LogP) is 4.59. The zero-order valence-corrected chi connectivity index (χ0v) is 12.2. The maximum atomic E-state index is 5.96. The molecule has 0 atom stereocenters. The molecular formula is C14H17BrN2O. The number of anilines is 1. The first-order chi connectivity index (χ1) is 8.69. The molecule has 2 aromatic rings. The zero-order valence-electron chi connectivity index (χ0n) is 10.6. The molecule has 0 amide bonds. The minimum atomic E-state index is 0.358. The van der Waals surface area contributed by atoms with Crippen LogP contribution in [0.1, 0.15) is 38.4 Å². The maximum absolute atomic E-state index is 5.96. The molecule has 0 aliphatic rings. The summed E-state index contributed by atoms with van der Waals surface area (Å²) >= 11 is 3.55. The van der Waals surface area contributed by atoms with Crippen LogP contribution >= 0.6 is 15.9 Å². The van der Waals surface area contributed by atoms with Crippen LogP contribution in [0.2, 0.25) is 0 Å². The average Bonchev–Trinajstić information content (AvgIpc) is 2.74. The Bertz CT molecular complexity index is 532. The second kappa shape index (κ2) is 5.57. The normalized spacial score (nSPS) is 11.1. The van der Waals surface area contributed by atoms with Crippen LogP contribution in [0.15, 0.2) is 33.3 Å². The fraction of sp³-hybridized carbons (Fsp3) is 0.357. The summed E-state index contributed by atoms with van der Waals surface area (Å²) in [6.45, 7) is 4.30. The predicted molar refractivity (Wildman–Crippen MR) is 77.4 cm³/mol. The Morgan fingerprint density at radius 3 is 2.56 bits per heavy atom. The van der Waals surface area contributed by atoms with Crippen LogP contribution < -0.4 is 5.73 Å². The van der Waals surface area contributed by atoms with Crippen molar-refractivity contribution in [3.05, 3.63) is 34.5 Å². The molecule has 1 aromatic heterocycles. The maximum Gasteiger partial charge on any atom is 0.175 e. The Hall–Kier alpha value is -1.29. The lowest BCUT2D eigenvalue weighted by atomic mass is 9.94. The van der Waals surface area contributed by atoms with Gasteiger partial charge in [-0.25, -0.2) is 0 Å². The van der Waals surface area contributed by atoms with Gasteiger partial charge in [-0.05, 0) is 18.9 Å². The van der Waals surface area contributed by atoms with Gasteiger partial charge in [0.15, 0.2) is 5.82 Å². The summed E-state index contributed by atoms with van der Waals surface area (Å²) in [5, 5.41) is 3.93. The molecule has 0 aliphatic heterocycles. The summed E-state index contributed by atoms with van der Waals surface area (Å²) in [6.07, 6.45) is 2.03. The Morgan fingerprint density at radius 2 is 1.94 bits per heavy atom. The van der Waals surface area contributed by atoms with Crippen LogP contribution in [0.4, 0.5) is 5.82 Å². The van der Waals surface area contributed by atoms with Gasteiger partial charge < -0.3 is 10.3 Å². The number of hydrogen-bond donors (Lipinski definition) is 1. The summed E-state index contributed by atoms with van der Waals surface area (Å²) in [5.74, 6) is 1.71. The van der Waals surface area contributed by atoms with Crippen molar-refractivity contribution < 1.29 is 4.52 Å². The Labute approximate surface area is 115 Å². The first-order valence-corrected chi connectivity index (χ1v) is 6.98. The van der Waals surface area contributed by atoms with Crippen molar-refractivity contribution >= 4 is 21.7 Å². The minimum absolute atomic E-state index is 0.358. The van der Waals surface area contributed by atoms with E-state index in [2.05, 4.69) is 34.9 Å². The Morgan fingerprint density at radius 1 is 1.28 bits per heavy atom. The third kappa shape index (κ3) is 2.29. The van der Waals surface area contributed by atoms with E-state index in [0.717, 1.165) is 34.2 Å². The number of aromatic nitrogens is 1. The largest absolute Gasteiger partial charge is 0.380 e. The molecule has 96 valence electrons. The minimum Gasteiger partial charge on any atom is -0.380 e. The third-order valence-electron chi connectivity index (χ3n) is 3.24. The highest BCUT2D eigenvalue weighted by molar-refractivity contribution is 9.10. The lowest BCUT2D eigenvalue weighted by Gasteiger charge is -2.11. The van der Waals surface area contributed by atoms with Crippen molar-refractivity contribution in [2.75, 3.05) is 5.73 Å². The molecule has 0 aliphatic carbocycles. The smallest absolute Gasteiger partial charge is 0.175 e. The summed E-state index contributed by atoms with van der Waals surface area (Å²) in [5.41, 5.74) is 7.93. The van der Waals surface area contributed by atoms with E-state index in [1.54, 1.807) is 0 Å². The van der Waals surface area contributed by atoms with Crippen LogP contribution in [-0.2, 0) is 0 Å². The molecule has 18 heavy (non-hydrogen) atoms. The molecular weight excluding hydrogens is 292 g/mol. The number of halogens is 1. The van der Waals surface area contributed by atoms with E-state index in [1.807, 2.05) is 24.3 Å². The van der Waals surface area contributed by atoms with Gasteiger partial charge in [-0.3, -0.25) is 0 Å². The Balaban J connectivity index is 2.57. The van der Waals surface area contributed by atoms with Crippen LogP contribution in [0.5, 0.6) is 0 Å². The van der Waals surface area contributed by atoms with E-state index >= 15 is 0 Å². The van der Waals surface area contributed by atoms with Crippen LogP contribution in [0, 0.1) is 0 Å². The molecule has 0 bridgehead atoms. The fourth-order valence-corrected chi connectivity index (χ4v) is 2.67. The second-order valence-corrected chi connectivity index (χ2v) is 5.15. The Kier molecular flexibility index (Phi) is 4.07. The quantitative estimate of drug-likeness (QED) is 0.898. The van der Waals surface area contributed by atoms with Gasteiger partial charge in [0.1, 0.15) is 5.76 Å². The van der Waals surface area contributed by atoms with Crippen LogP contribution in [0.3, 0.4) is 0 Å². The van der Waals surface area contributed by atoms with Gasteiger partial charge in [0, 0.05) is 16.0 Å². The highest BCUT2D eigenvalue weighted by Gasteiger charge is 2.22. The summed E-state index contributed by atoms with van der Waals surface area (Å²) in [4.78, 5) is 0. The molecule has 0 spiro atoms. The standard InChI is InChI=1S/C14H17BrN2O/c1-3-9(4-2)13-12(14(16)17-18-13)10-7-5-6-8-11(10)15/h5-9H,3-4H2,1-2H3,(H2,16,17). The fourth-order valence-electron chi connectivity index (χ4n) is 2.19. The van der Waals surface area contributed by atoms with E-state index in [4.69, 9.17) is 10.3 Å². The highest BCUT2D eigenvalue weighted by Crippen LogP contribution is 2.39. The van der Waals surface area contributed by atoms with Gasteiger partial charge in [-0.15, -0.1) is 0 Å². The molecule has 1 aromatic carbocycles. The second-order valence-electron chi connectivity index (χ2n) is 4.30. The number of benzene rings is 1. The van der Waals surface area contributed by atoms with E-state index in [0.29, 0.717) is 11.7 Å². The van der Waals surface area contributed by atoms with E-state index in [-0.39, 0.29) is 0 Å². The first-order valence-electron chi connectivity index (χ1n) is 6.18. The van der Waals surface area contributed by atoms with Crippen molar-refractivity contribution in [1.29, 1.82) is 0 Å². The summed E-state index contributed by atoms with van der Waals surface area (Å²) in [7, 11) is 0. The van der Waals surface area contributed by atoms with E-state index in [1.165, 1.54) is 0 Å². The molecule has 0 saturated heterocycles. The van der Waals surface area contributed by atoms with Crippen molar-refractivity contribution in [1.82, 2.24) is 5.16 Å². The topological polar surface area (TPSA) is 52.0 Å². The van der Waals surface area contributed by atoms with E-state index in [9.17, 15) is 0 Å². The number of rotatable bonds is 4. The van der Waals surface area contributed by atoms with Gasteiger partial charge in [0.25, 0.3) is 0 Å².